The van der Waals surface area contributed by atoms with Crippen LogP contribution in [0.25, 0.3) is 0 Å². The molecule has 1 heterocycles. The van der Waals surface area contributed by atoms with Crippen molar-refractivity contribution in [2.24, 2.45) is 5.92 Å². The number of nitrogens with zero attached hydrogens (tertiary/aromatic N) is 1. The van der Waals surface area contributed by atoms with Crippen molar-refractivity contribution in [2.75, 3.05) is 19.7 Å². The van der Waals surface area contributed by atoms with Gasteiger partial charge in [-0.25, -0.2) is 0 Å². The van der Waals surface area contributed by atoms with Crippen molar-refractivity contribution in [3.8, 4) is 0 Å². The maximum atomic E-state index is 11.8. The van der Waals surface area contributed by atoms with Gasteiger partial charge in [-0.15, -0.1) is 0 Å². The fourth-order valence-corrected chi connectivity index (χ4v) is 3.34. The molecule has 90 valence electrons. The third kappa shape index (κ3) is 3.02. The van der Waals surface area contributed by atoms with Crippen molar-refractivity contribution in [3.63, 3.8) is 0 Å². The van der Waals surface area contributed by atoms with Gasteiger partial charge in [-0.2, -0.15) is 0 Å². The molecule has 1 saturated heterocycles. The van der Waals surface area contributed by atoms with Crippen LogP contribution in [0.3, 0.4) is 0 Å². The minimum atomic E-state index is -0.500. The molecule has 1 aliphatic carbocycles. The Hall–Kier alpha value is -0.470. The molecule has 4 nitrogen and oxygen atoms in total. The van der Waals surface area contributed by atoms with Crippen molar-refractivity contribution >= 4 is 20.5 Å². The predicted molar refractivity (Wildman–Crippen MR) is 62.7 cm³/mol. The molecule has 0 amide bonds. The number of esters is 1. The second kappa shape index (κ2) is 5.24. The van der Waals surface area contributed by atoms with Gasteiger partial charge in [-0.05, 0) is 40.6 Å². The summed E-state index contributed by atoms with van der Waals surface area (Å²) in [5.41, 5.74) is 0.826. The predicted octanol–water partition coefficient (Wildman–Crippen LogP) is 1.20. The van der Waals surface area contributed by atoms with Gasteiger partial charge in [0.15, 0.2) is 5.78 Å². The van der Waals surface area contributed by atoms with E-state index in [1.807, 2.05) is 0 Å². The van der Waals surface area contributed by atoms with Crippen molar-refractivity contribution in [2.45, 2.75) is 31.8 Å². The van der Waals surface area contributed by atoms with Gasteiger partial charge in [0, 0.05) is 6.54 Å². The molecular formula is C11H18NO3P. The van der Waals surface area contributed by atoms with Gasteiger partial charge in [0.05, 0.1) is 13.2 Å². The van der Waals surface area contributed by atoms with Crippen LogP contribution in [0, 0.1) is 5.92 Å². The molecule has 0 radical (unpaired) electrons. The molecular weight excluding hydrogens is 225 g/mol. The Balaban J connectivity index is 1.81. The molecule has 1 aliphatic heterocycles. The molecule has 2 fully saturated rings. The van der Waals surface area contributed by atoms with Gasteiger partial charge >= 0.3 is 5.97 Å². The van der Waals surface area contributed by atoms with Crippen molar-refractivity contribution in [1.29, 1.82) is 0 Å². The quantitative estimate of drug-likeness (QED) is 0.423. The van der Waals surface area contributed by atoms with E-state index in [0.717, 1.165) is 20.9 Å². The smallest absolute Gasteiger partial charge is 0.316 e. The largest absolute Gasteiger partial charge is 0.465 e. The fourth-order valence-electron chi connectivity index (χ4n) is 1.90. The van der Waals surface area contributed by atoms with E-state index in [0.29, 0.717) is 19.6 Å². The van der Waals surface area contributed by atoms with Crippen LogP contribution in [-0.4, -0.2) is 41.8 Å². The lowest BCUT2D eigenvalue weighted by atomic mass is 9.97. The minimum absolute atomic E-state index is 0.0397. The van der Waals surface area contributed by atoms with Gasteiger partial charge in [-0.3, -0.25) is 14.3 Å². The van der Waals surface area contributed by atoms with Crippen molar-refractivity contribution < 1.29 is 14.3 Å². The molecule has 2 aliphatic rings. The summed E-state index contributed by atoms with van der Waals surface area (Å²) in [6.45, 7) is 3.44. The molecule has 2 rings (SSSR count). The lowest BCUT2D eigenvalue weighted by molar-refractivity contribution is -0.153. The lowest BCUT2D eigenvalue weighted by Gasteiger charge is -2.29. The topological polar surface area (TPSA) is 46.6 Å². The second-order valence-corrected chi connectivity index (χ2v) is 6.09. The molecule has 0 aromatic carbocycles. The molecule has 0 bridgehead atoms. The first kappa shape index (κ1) is 12.0. The summed E-state index contributed by atoms with van der Waals surface area (Å²) >= 11 is 0. The monoisotopic (exact) mass is 243 g/mol. The average Bonchev–Trinajstić information content (AvgIpc) is 3.02. The third-order valence-electron chi connectivity index (χ3n) is 2.94. The van der Waals surface area contributed by atoms with Gasteiger partial charge in [0.1, 0.15) is 5.92 Å². The van der Waals surface area contributed by atoms with E-state index in [1.165, 1.54) is 12.8 Å². The standard InChI is InChI=1S/C11H18NO3P/c1-2-15-11(14)9-5-6-12(7-10(9)13)16-8-3-4-8/h8-9,16H,2-7H2,1H3. The van der Waals surface area contributed by atoms with Crippen LogP contribution in [0.2, 0.25) is 0 Å². The second-order valence-electron chi connectivity index (χ2n) is 4.38. The van der Waals surface area contributed by atoms with Crippen LogP contribution in [-0.2, 0) is 14.3 Å². The van der Waals surface area contributed by atoms with E-state index in [2.05, 4.69) is 4.67 Å². The number of rotatable bonds is 4. The summed E-state index contributed by atoms with van der Waals surface area (Å²) in [6.07, 6.45) is 3.26. The van der Waals surface area contributed by atoms with Crippen LogP contribution in [0.1, 0.15) is 26.2 Å². The maximum absolute atomic E-state index is 11.8. The van der Waals surface area contributed by atoms with Crippen LogP contribution in [0.5, 0.6) is 0 Å². The van der Waals surface area contributed by atoms with Crippen molar-refractivity contribution in [1.82, 2.24) is 4.67 Å². The number of ether oxygens (including phenoxy) is 1. The Morgan fingerprint density at radius 3 is 2.81 bits per heavy atom. The van der Waals surface area contributed by atoms with Gasteiger partial charge < -0.3 is 4.74 Å². The molecule has 16 heavy (non-hydrogen) atoms. The molecule has 1 saturated carbocycles. The first-order valence-electron chi connectivity index (χ1n) is 5.91. The number of carbonyl (C=O) groups is 2. The van der Waals surface area contributed by atoms with Crippen molar-refractivity contribution in [3.05, 3.63) is 0 Å². The van der Waals surface area contributed by atoms with Gasteiger partial charge in [0.2, 0.25) is 0 Å². The number of piperidine rings is 1. The fraction of sp³-hybridized carbons (Fsp3) is 0.818. The summed E-state index contributed by atoms with van der Waals surface area (Å²) in [6, 6.07) is 0. The zero-order valence-corrected chi connectivity index (χ0v) is 10.6. The summed E-state index contributed by atoms with van der Waals surface area (Å²) in [4.78, 5) is 23.3. The number of ketones is 1. The van der Waals surface area contributed by atoms with E-state index < -0.39 is 5.92 Å². The summed E-state index contributed by atoms with van der Waals surface area (Å²) in [5, 5.41) is 0. The highest BCUT2D eigenvalue weighted by Crippen LogP contribution is 2.42. The highest BCUT2D eigenvalue weighted by atomic mass is 31.1. The van der Waals surface area contributed by atoms with E-state index in [4.69, 9.17) is 4.74 Å². The van der Waals surface area contributed by atoms with Gasteiger partial charge in [0.25, 0.3) is 0 Å². The highest BCUT2D eigenvalue weighted by molar-refractivity contribution is 7.36. The first-order chi connectivity index (χ1) is 7.70. The summed E-state index contributed by atoms with van der Waals surface area (Å²) in [7, 11) is 0.779. The number of hydrogen-bond acceptors (Lipinski definition) is 4. The average molecular weight is 243 g/mol. The normalized spacial score (nSPS) is 27.6. The summed E-state index contributed by atoms with van der Waals surface area (Å²) < 4.78 is 7.11. The van der Waals surface area contributed by atoms with Gasteiger partial charge in [-0.1, -0.05) is 0 Å². The zero-order chi connectivity index (χ0) is 11.5. The Bertz CT molecular complexity index is 291. The number of carbonyl (C=O) groups excluding carboxylic acids is 2. The molecule has 0 aromatic heterocycles. The SMILES string of the molecule is CCOC(=O)C1CCN(PC2CC2)CC1=O. The lowest BCUT2D eigenvalue weighted by Crippen LogP contribution is -2.40. The number of Topliss-reactive ketones (excluding diaryl/α,β-unsaturated/α-hetero) is 1. The highest BCUT2D eigenvalue weighted by Gasteiger charge is 2.35. The Kier molecular flexibility index (Phi) is 3.93. The maximum Gasteiger partial charge on any atom is 0.316 e. The Morgan fingerprint density at radius 1 is 1.50 bits per heavy atom. The van der Waals surface area contributed by atoms with E-state index >= 15 is 0 Å². The molecule has 0 N–H and O–H groups in total. The van der Waals surface area contributed by atoms with Crippen LogP contribution in [0.15, 0.2) is 0 Å². The van der Waals surface area contributed by atoms with Crippen LogP contribution >= 0.6 is 8.73 Å². The molecule has 5 heteroatoms. The Labute approximate surface area is 97.5 Å². The molecule has 2 atom stereocenters. The summed E-state index contributed by atoms with van der Waals surface area (Å²) in [5.74, 6) is -0.792. The van der Waals surface area contributed by atoms with E-state index in [9.17, 15) is 9.59 Å². The van der Waals surface area contributed by atoms with Crippen LogP contribution in [0.4, 0.5) is 0 Å². The van der Waals surface area contributed by atoms with E-state index in [1.54, 1.807) is 6.92 Å². The Morgan fingerprint density at radius 2 is 2.25 bits per heavy atom. The van der Waals surface area contributed by atoms with E-state index in [-0.39, 0.29) is 11.8 Å². The zero-order valence-electron chi connectivity index (χ0n) is 9.57. The number of hydrogen-bond donors (Lipinski definition) is 0. The minimum Gasteiger partial charge on any atom is -0.465 e. The molecule has 0 aromatic rings. The van der Waals surface area contributed by atoms with Crippen LogP contribution < -0.4 is 0 Å². The third-order valence-corrected chi connectivity index (χ3v) is 4.63. The first-order valence-corrected chi connectivity index (χ1v) is 6.93. The molecule has 0 spiro atoms. The molecule has 2 unspecified atom stereocenters.